The number of aromatic nitrogens is 3. The van der Waals surface area contributed by atoms with Crippen molar-refractivity contribution < 1.29 is 14.1 Å². The predicted octanol–water partition coefficient (Wildman–Crippen LogP) is 3.37. The molecule has 0 radical (unpaired) electrons. The number of carbonyl (C=O) groups excluding carboxylic acids is 1. The van der Waals surface area contributed by atoms with Crippen LogP contribution in [0.15, 0.2) is 22.0 Å². The molecule has 0 spiro atoms. The lowest BCUT2D eigenvalue weighted by atomic mass is 10.4. The van der Waals surface area contributed by atoms with Gasteiger partial charge in [-0.2, -0.15) is 4.98 Å². The molecule has 120 valence electrons. The highest BCUT2D eigenvalue weighted by Gasteiger charge is 2.10. The van der Waals surface area contributed by atoms with Gasteiger partial charge in [0.2, 0.25) is 0 Å². The second-order valence-electron chi connectivity index (χ2n) is 4.42. The zero-order chi connectivity index (χ0) is 16.2. The van der Waals surface area contributed by atoms with Crippen LogP contribution in [0.1, 0.15) is 11.7 Å². The Kier molecular flexibility index (Phi) is 5.01. The average molecular weight is 371 g/mol. The molecule has 0 aliphatic carbocycles. The minimum absolute atomic E-state index is 0.0884. The van der Waals surface area contributed by atoms with Crippen LogP contribution in [0.3, 0.4) is 0 Å². The predicted molar refractivity (Wildman–Crippen MR) is 87.8 cm³/mol. The first-order valence-corrected chi connectivity index (χ1v) is 8.55. The van der Waals surface area contributed by atoms with E-state index in [0.29, 0.717) is 21.2 Å². The van der Waals surface area contributed by atoms with Crippen LogP contribution in [0, 0.1) is 6.92 Å². The van der Waals surface area contributed by atoms with Crippen LogP contribution in [-0.4, -0.2) is 27.6 Å². The first-order valence-electron chi connectivity index (χ1n) is 6.48. The molecule has 0 unspecified atom stereocenters. The molecule has 0 aliphatic heterocycles. The van der Waals surface area contributed by atoms with Gasteiger partial charge in [-0.25, -0.2) is 4.98 Å². The van der Waals surface area contributed by atoms with Crippen LogP contribution in [0.5, 0.6) is 0 Å². The smallest absolute Gasteiger partial charge is 0.252 e. The zero-order valence-corrected chi connectivity index (χ0v) is 14.3. The summed E-state index contributed by atoms with van der Waals surface area (Å²) in [6.45, 7) is 1.67. The summed E-state index contributed by atoms with van der Waals surface area (Å²) in [5.74, 6) is 0.560. The largest absolute Gasteiger partial charge is 0.362 e. The maximum absolute atomic E-state index is 11.8. The fraction of sp³-hybridized carbons (Fsp3) is 0.231. The van der Waals surface area contributed by atoms with Gasteiger partial charge in [0.1, 0.15) is 13.2 Å². The fourth-order valence-corrected chi connectivity index (χ4v) is 3.49. The Morgan fingerprint density at radius 1 is 1.43 bits per heavy atom. The van der Waals surface area contributed by atoms with E-state index in [9.17, 15) is 4.79 Å². The van der Waals surface area contributed by atoms with E-state index in [4.69, 9.17) is 20.9 Å². The molecule has 0 saturated carbocycles. The minimum Gasteiger partial charge on any atom is -0.362 e. The van der Waals surface area contributed by atoms with Gasteiger partial charge in [0.25, 0.3) is 11.8 Å². The molecule has 23 heavy (non-hydrogen) atoms. The Labute approximate surface area is 144 Å². The molecule has 1 N–H and O–H groups in total. The number of aryl methyl sites for hydroxylation is 1. The highest BCUT2D eigenvalue weighted by atomic mass is 35.5. The van der Waals surface area contributed by atoms with Crippen molar-refractivity contribution in [3.05, 3.63) is 33.6 Å². The molecule has 3 aromatic rings. The van der Waals surface area contributed by atoms with E-state index >= 15 is 0 Å². The first-order chi connectivity index (χ1) is 11.1. The summed E-state index contributed by atoms with van der Waals surface area (Å²) in [6, 6.07) is 3.70. The number of rotatable bonds is 6. The second-order valence-corrected chi connectivity index (χ2v) is 6.99. The van der Waals surface area contributed by atoms with E-state index in [-0.39, 0.29) is 19.1 Å². The molecule has 3 aromatic heterocycles. The maximum atomic E-state index is 11.8. The third kappa shape index (κ3) is 4.35. The molecule has 0 fully saturated rings. The lowest BCUT2D eigenvalue weighted by Crippen LogP contribution is -2.18. The number of hydrogen-bond acceptors (Lipinski definition) is 8. The third-order valence-electron chi connectivity index (χ3n) is 2.60. The minimum atomic E-state index is -0.300. The number of anilines is 1. The van der Waals surface area contributed by atoms with Crippen molar-refractivity contribution in [1.82, 2.24) is 15.1 Å². The number of carbonyl (C=O) groups is 1. The number of hydrogen-bond donors (Lipinski definition) is 1. The Bertz CT molecular complexity index is 814. The lowest BCUT2D eigenvalue weighted by Gasteiger charge is -2.01. The number of nitrogens with zero attached hydrogens (tertiary/aromatic N) is 3. The summed E-state index contributed by atoms with van der Waals surface area (Å²) in [4.78, 5) is 21.1. The molecule has 1 amide bonds. The van der Waals surface area contributed by atoms with Gasteiger partial charge in [0.15, 0.2) is 11.0 Å². The number of halogens is 1. The van der Waals surface area contributed by atoms with Gasteiger partial charge >= 0.3 is 0 Å². The Morgan fingerprint density at radius 3 is 3.00 bits per heavy atom. The highest BCUT2D eigenvalue weighted by molar-refractivity contribution is 7.20. The molecule has 0 bridgehead atoms. The molecule has 0 saturated heterocycles. The first kappa shape index (κ1) is 16.1. The van der Waals surface area contributed by atoms with Gasteiger partial charge < -0.3 is 9.26 Å². The molecule has 3 heterocycles. The van der Waals surface area contributed by atoms with Crippen LogP contribution in [0.25, 0.3) is 10.6 Å². The van der Waals surface area contributed by atoms with E-state index in [1.807, 2.05) is 17.5 Å². The number of amides is 1. The molecule has 0 atom stereocenters. The summed E-state index contributed by atoms with van der Waals surface area (Å²) in [7, 11) is 0. The molecule has 10 heteroatoms. The Hall–Kier alpha value is -1.81. The summed E-state index contributed by atoms with van der Waals surface area (Å²) in [5, 5.41) is 8.68. The highest BCUT2D eigenvalue weighted by Crippen LogP contribution is 2.32. The summed E-state index contributed by atoms with van der Waals surface area (Å²) >= 11 is 8.68. The molecular weight excluding hydrogens is 360 g/mol. The molecular formula is C13H11ClN4O3S2. The van der Waals surface area contributed by atoms with Crippen molar-refractivity contribution in [2.45, 2.75) is 13.5 Å². The van der Waals surface area contributed by atoms with Crippen LogP contribution in [0.2, 0.25) is 4.34 Å². The standard InChI is InChI=1S/C13H11ClN4O3S2/c1-7-15-12(21-18-7)5-20-4-11(19)17-13-16-8(6-22-13)9-2-3-10(14)23-9/h2-3,6H,4-5H2,1H3,(H,16,17,19). The van der Waals surface area contributed by atoms with Crippen molar-refractivity contribution in [2.24, 2.45) is 0 Å². The van der Waals surface area contributed by atoms with E-state index < -0.39 is 0 Å². The number of ether oxygens (including phenoxy) is 1. The van der Waals surface area contributed by atoms with Crippen molar-refractivity contribution in [3.63, 3.8) is 0 Å². The van der Waals surface area contributed by atoms with E-state index in [2.05, 4.69) is 20.4 Å². The monoisotopic (exact) mass is 370 g/mol. The summed E-state index contributed by atoms with van der Waals surface area (Å²) in [5.41, 5.74) is 0.782. The van der Waals surface area contributed by atoms with E-state index in [1.54, 1.807) is 6.92 Å². The van der Waals surface area contributed by atoms with Gasteiger partial charge in [0, 0.05) is 5.38 Å². The van der Waals surface area contributed by atoms with Crippen LogP contribution in [0.4, 0.5) is 5.13 Å². The summed E-state index contributed by atoms with van der Waals surface area (Å²) in [6.07, 6.45) is 0. The van der Waals surface area contributed by atoms with Gasteiger partial charge in [0.05, 0.1) is 14.9 Å². The van der Waals surface area contributed by atoms with Gasteiger partial charge in [-0.3, -0.25) is 10.1 Å². The molecule has 0 aliphatic rings. The van der Waals surface area contributed by atoms with Gasteiger partial charge in [-0.1, -0.05) is 16.8 Å². The normalized spacial score (nSPS) is 10.9. The average Bonchev–Trinajstić information content (AvgIpc) is 3.21. The molecule has 7 nitrogen and oxygen atoms in total. The Morgan fingerprint density at radius 2 is 2.30 bits per heavy atom. The van der Waals surface area contributed by atoms with Gasteiger partial charge in [-0.15, -0.1) is 22.7 Å². The fourth-order valence-electron chi connectivity index (χ4n) is 1.68. The van der Waals surface area contributed by atoms with E-state index in [0.717, 1.165) is 10.6 Å². The van der Waals surface area contributed by atoms with Gasteiger partial charge in [-0.05, 0) is 19.1 Å². The number of thiophene rings is 1. The molecule has 0 aromatic carbocycles. The quantitative estimate of drug-likeness (QED) is 0.715. The van der Waals surface area contributed by atoms with Crippen molar-refractivity contribution in [1.29, 1.82) is 0 Å². The second kappa shape index (κ2) is 7.18. The molecule has 3 rings (SSSR count). The lowest BCUT2D eigenvalue weighted by molar-refractivity contribution is -0.121. The van der Waals surface area contributed by atoms with Crippen LogP contribution >= 0.6 is 34.3 Å². The summed E-state index contributed by atoms with van der Waals surface area (Å²) < 4.78 is 10.8. The van der Waals surface area contributed by atoms with Crippen molar-refractivity contribution in [2.75, 3.05) is 11.9 Å². The SMILES string of the molecule is Cc1noc(COCC(=O)Nc2nc(-c3ccc(Cl)s3)cs2)n1. The number of thiazole rings is 1. The Balaban J connectivity index is 1.49. The maximum Gasteiger partial charge on any atom is 0.252 e. The number of nitrogens with one attached hydrogen (secondary N) is 1. The van der Waals surface area contributed by atoms with Crippen LogP contribution in [-0.2, 0) is 16.1 Å². The third-order valence-corrected chi connectivity index (χ3v) is 4.62. The topological polar surface area (TPSA) is 90.1 Å². The van der Waals surface area contributed by atoms with E-state index in [1.165, 1.54) is 22.7 Å². The van der Waals surface area contributed by atoms with Crippen molar-refractivity contribution >= 4 is 45.3 Å². The van der Waals surface area contributed by atoms with Crippen LogP contribution < -0.4 is 5.32 Å². The van der Waals surface area contributed by atoms with Crippen molar-refractivity contribution in [3.8, 4) is 10.6 Å². The zero-order valence-electron chi connectivity index (χ0n) is 11.9.